The van der Waals surface area contributed by atoms with Gasteiger partial charge in [0.15, 0.2) is 0 Å². The van der Waals surface area contributed by atoms with Crippen molar-refractivity contribution in [2.75, 3.05) is 26.8 Å². The summed E-state index contributed by atoms with van der Waals surface area (Å²) >= 11 is 1.50. The van der Waals surface area contributed by atoms with E-state index < -0.39 is 0 Å². The normalized spacial score (nSPS) is 10.3. The number of hydrogen-bond donors (Lipinski definition) is 2. The molecule has 0 unspecified atom stereocenters. The van der Waals surface area contributed by atoms with Crippen molar-refractivity contribution in [2.45, 2.75) is 6.42 Å². The molecule has 2 N–H and O–H groups in total. The van der Waals surface area contributed by atoms with Gasteiger partial charge in [-0.05, 0) is 0 Å². The summed E-state index contributed by atoms with van der Waals surface area (Å²) in [6.45, 7) is 0.830. The Labute approximate surface area is 138 Å². The van der Waals surface area contributed by atoms with E-state index in [1.807, 2.05) is 35.7 Å². The third kappa shape index (κ3) is 5.80. The van der Waals surface area contributed by atoms with Gasteiger partial charge in [-0.3, -0.25) is 9.59 Å². The number of carbonyl (C=O) groups excluding carboxylic acids is 2. The van der Waals surface area contributed by atoms with Crippen molar-refractivity contribution < 1.29 is 14.3 Å². The average molecular weight is 333 g/mol. The van der Waals surface area contributed by atoms with Crippen LogP contribution in [0.25, 0.3) is 10.6 Å². The molecule has 1 aromatic carbocycles. The summed E-state index contributed by atoms with van der Waals surface area (Å²) < 4.78 is 4.83. The van der Waals surface area contributed by atoms with Gasteiger partial charge in [-0.1, -0.05) is 30.3 Å². The molecule has 23 heavy (non-hydrogen) atoms. The van der Waals surface area contributed by atoms with Crippen molar-refractivity contribution in [3.63, 3.8) is 0 Å². The lowest BCUT2D eigenvalue weighted by atomic mass is 10.2. The fourth-order valence-corrected chi connectivity index (χ4v) is 2.69. The van der Waals surface area contributed by atoms with Crippen LogP contribution in [0.5, 0.6) is 0 Å². The topological polar surface area (TPSA) is 80.3 Å². The molecule has 0 fully saturated rings. The number of hydrogen-bond acceptors (Lipinski definition) is 5. The van der Waals surface area contributed by atoms with E-state index in [4.69, 9.17) is 4.74 Å². The van der Waals surface area contributed by atoms with Crippen LogP contribution in [0.2, 0.25) is 0 Å². The third-order valence-electron chi connectivity index (χ3n) is 2.99. The lowest BCUT2D eigenvalue weighted by Crippen LogP contribution is -2.38. The zero-order valence-electron chi connectivity index (χ0n) is 12.9. The van der Waals surface area contributed by atoms with E-state index in [9.17, 15) is 9.59 Å². The van der Waals surface area contributed by atoms with Crippen LogP contribution in [0, 0.1) is 0 Å². The summed E-state index contributed by atoms with van der Waals surface area (Å²) in [5.74, 6) is -0.463. The molecule has 0 atom stereocenters. The smallest absolute Gasteiger partial charge is 0.239 e. The fraction of sp³-hybridized carbons (Fsp3) is 0.312. The van der Waals surface area contributed by atoms with Crippen LogP contribution in [0.1, 0.15) is 5.69 Å². The van der Waals surface area contributed by atoms with Crippen LogP contribution in [0.3, 0.4) is 0 Å². The third-order valence-corrected chi connectivity index (χ3v) is 3.93. The predicted molar refractivity (Wildman–Crippen MR) is 89.1 cm³/mol. The highest BCUT2D eigenvalue weighted by molar-refractivity contribution is 7.13. The van der Waals surface area contributed by atoms with Crippen LogP contribution >= 0.6 is 11.3 Å². The van der Waals surface area contributed by atoms with E-state index >= 15 is 0 Å². The van der Waals surface area contributed by atoms with Crippen molar-refractivity contribution in [2.24, 2.45) is 0 Å². The van der Waals surface area contributed by atoms with Gasteiger partial charge in [0, 0.05) is 24.6 Å². The Morgan fingerprint density at radius 3 is 2.70 bits per heavy atom. The summed E-state index contributed by atoms with van der Waals surface area (Å²) in [4.78, 5) is 27.8. The van der Waals surface area contributed by atoms with E-state index in [0.717, 1.165) is 10.6 Å². The second-order valence-electron chi connectivity index (χ2n) is 4.81. The molecule has 0 aliphatic rings. The second-order valence-corrected chi connectivity index (χ2v) is 5.66. The summed E-state index contributed by atoms with van der Waals surface area (Å²) in [6, 6.07) is 9.81. The van der Waals surface area contributed by atoms with Crippen LogP contribution < -0.4 is 10.6 Å². The maximum absolute atomic E-state index is 11.8. The molecule has 2 aromatic rings. The standard InChI is InChI=1S/C16H19N3O3S/c1-22-8-7-17-15(21)10-18-14(20)9-13-11-23-16(19-13)12-5-3-2-4-6-12/h2-6,11H,7-10H2,1H3,(H,17,21)(H,18,20). The van der Waals surface area contributed by atoms with Crippen molar-refractivity contribution in [1.29, 1.82) is 0 Å². The molecular weight excluding hydrogens is 314 g/mol. The SMILES string of the molecule is COCCNC(=O)CNC(=O)Cc1csc(-c2ccccc2)n1. The quantitative estimate of drug-likeness (QED) is 0.712. The summed E-state index contributed by atoms with van der Waals surface area (Å²) in [7, 11) is 1.56. The molecule has 0 aliphatic heterocycles. The number of ether oxygens (including phenoxy) is 1. The lowest BCUT2D eigenvalue weighted by molar-refractivity contribution is -0.125. The number of thiazole rings is 1. The Hall–Kier alpha value is -2.25. The Morgan fingerprint density at radius 1 is 1.17 bits per heavy atom. The van der Waals surface area contributed by atoms with Crippen molar-refractivity contribution in [3.05, 3.63) is 41.4 Å². The van der Waals surface area contributed by atoms with Gasteiger partial charge in [-0.2, -0.15) is 0 Å². The van der Waals surface area contributed by atoms with Gasteiger partial charge in [0.05, 0.1) is 25.3 Å². The maximum Gasteiger partial charge on any atom is 0.239 e. The van der Waals surface area contributed by atoms with Gasteiger partial charge in [-0.15, -0.1) is 11.3 Å². The number of rotatable bonds is 8. The molecule has 0 saturated heterocycles. The molecule has 122 valence electrons. The monoisotopic (exact) mass is 333 g/mol. The first kappa shape index (κ1) is 17.1. The zero-order chi connectivity index (χ0) is 16.5. The lowest BCUT2D eigenvalue weighted by Gasteiger charge is -2.05. The van der Waals surface area contributed by atoms with E-state index in [1.54, 1.807) is 7.11 Å². The number of amides is 2. The molecule has 0 saturated carbocycles. The highest BCUT2D eigenvalue weighted by Crippen LogP contribution is 2.23. The van der Waals surface area contributed by atoms with Gasteiger partial charge >= 0.3 is 0 Å². The minimum atomic E-state index is -0.237. The fourth-order valence-electron chi connectivity index (χ4n) is 1.86. The van der Waals surface area contributed by atoms with E-state index in [-0.39, 0.29) is 24.8 Å². The number of nitrogens with one attached hydrogen (secondary N) is 2. The summed E-state index contributed by atoms with van der Waals surface area (Å²) in [5, 5.41) is 7.96. The van der Waals surface area contributed by atoms with Gasteiger partial charge in [0.2, 0.25) is 11.8 Å². The van der Waals surface area contributed by atoms with Crippen LogP contribution in [-0.2, 0) is 20.7 Å². The van der Waals surface area contributed by atoms with Gasteiger partial charge in [-0.25, -0.2) is 4.98 Å². The Balaban J connectivity index is 1.78. The first-order valence-corrected chi connectivity index (χ1v) is 8.09. The van der Waals surface area contributed by atoms with E-state index in [1.165, 1.54) is 11.3 Å². The van der Waals surface area contributed by atoms with Gasteiger partial charge in [0.25, 0.3) is 0 Å². The number of methoxy groups -OCH3 is 1. The summed E-state index contributed by atoms with van der Waals surface area (Å²) in [6.07, 6.45) is 0.161. The van der Waals surface area contributed by atoms with Gasteiger partial charge in [0.1, 0.15) is 5.01 Å². The molecular formula is C16H19N3O3S. The molecule has 0 radical (unpaired) electrons. The number of carbonyl (C=O) groups is 2. The minimum absolute atomic E-state index is 0.0434. The zero-order valence-corrected chi connectivity index (χ0v) is 13.7. The van der Waals surface area contributed by atoms with Crippen molar-refractivity contribution in [1.82, 2.24) is 15.6 Å². The number of aromatic nitrogens is 1. The van der Waals surface area contributed by atoms with Crippen LogP contribution in [-0.4, -0.2) is 43.6 Å². The molecule has 1 heterocycles. The summed E-state index contributed by atoms with van der Waals surface area (Å²) in [5.41, 5.74) is 1.73. The number of nitrogens with zero attached hydrogens (tertiary/aromatic N) is 1. The Kier molecular flexibility index (Phi) is 6.71. The first-order valence-electron chi connectivity index (χ1n) is 7.21. The molecule has 0 aliphatic carbocycles. The average Bonchev–Trinajstić information content (AvgIpc) is 3.02. The molecule has 1 aromatic heterocycles. The highest BCUT2D eigenvalue weighted by atomic mass is 32.1. The maximum atomic E-state index is 11.8. The largest absolute Gasteiger partial charge is 0.383 e. The molecule has 7 heteroatoms. The molecule has 0 bridgehead atoms. The van der Waals surface area contributed by atoms with Gasteiger partial charge < -0.3 is 15.4 Å². The number of benzene rings is 1. The molecule has 0 spiro atoms. The van der Waals surface area contributed by atoms with E-state index in [0.29, 0.717) is 18.8 Å². The second kappa shape index (κ2) is 9.02. The minimum Gasteiger partial charge on any atom is -0.383 e. The highest BCUT2D eigenvalue weighted by Gasteiger charge is 2.10. The molecule has 2 rings (SSSR count). The van der Waals surface area contributed by atoms with Crippen LogP contribution in [0.15, 0.2) is 35.7 Å². The van der Waals surface area contributed by atoms with Crippen molar-refractivity contribution in [3.8, 4) is 10.6 Å². The van der Waals surface area contributed by atoms with Crippen molar-refractivity contribution >= 4 is 23.2 Å². The van der Waals surface area contributed by atoms with Crippen LogP contribution in [0.4, 0.5) is 0 Å². The first-order chi connectivity index (χ1) is 11.2. The Morgan fingerprint density at radius 2 is 1.96 bits per heavy atom. The van der Waals surface area contributed by atoms with E-state index in [2.05, 4.69) is 15.6 Å². The molecule has 2 amide bonds. The predicted octanol–water partition coefficient (Wildman–Crippen LogP) is 1.23. The Bertz CT molecular complexity index is 643. The molecule has 6 nitrogen and oxygen atoms in total.